The van der Waals surface area contributed by atoms with Crippen LogP contribution in [0, 0.1) is 0 Å². The number of hydrogen-bond donors (Lipinski definition) is 1. The third-order valence-corrected chi connectivity index (χ3v) is 3.29. The first-order valence-electron chi connectivity index (χ1n) is 4.40. The number of para-hydroxylation sites is 1. The molecular formula is C11H6O3S. The van der Waals surface area contributed by atoms with Crippen LogP contribution in [0.5, 0.6) is 0 Å². The van der Waals surface area contributed by atoms with Gasteiger partial charge >= 0.3 is 5.97 Å². The van der Waals surface area contributed by atoms with E-state index in [2.05, 4.69) is 0 Å². The van der Waals surface area contributed by atoms with E-state index < -0.39 is 5.97 Å². The van der Waals surface area contributed by atoms with E-state index in [1.807, 2.05) is 24.3 Å². The normalized spacial score (nSPS) is 11.2. The van der Waals surface area contributed by atoms with Gasteiger partial charge in [-0.3, -0.25) is 0 Å². The Morgan fingerprint density at radius 1 is 1.27 bits per heavy atom. The quantitative estimate of drug-likeness (QED) is 0.681. The Balaban J connectivity index is 2.42. The highest BCUT2D eigenvalue weighted by Crippen LogP contribution is 2.34. The van der Waals surface area contributed by atoms with E-state index in [9.17, 15) is 4.79 Å². The molecule has 0 amide bonds. The van der Waals surface area contributed by atoms with E-state index in [1.54, 1.807) is 6.07 Å². The average molecular weight is 218 g/mol. The Kier molecular flexibility index (Phi) is 1.61. The number of thiophene rings is 1. The highest BCUT2D eigenvalue weighted by Gasteiger charge is 2.13. The maximum absolute atomic E-state index is 10.8. The lowest BCUT2D eigenvalue weighted by molar-refractivity contribution is 0.0702. The predicted molar refractivity (Wildman–Crippen MR) is 58.6 cm³/mol. The minimum Gasteiger partial charge on any atom is -0.477 e. The first-order valence-corrected chi connectivity index (χ1v) is 5.22. The molecule has 3 nitrogen and oxygen atoms in total. The van der Waals surface area contributed by atoms with Crippen molar-refractivity contribution in [1.29, 1.82) is 0 Å². The van der Waals surface area contributed by atoms with Gasteiger partial charge < -0.3 is 9.52 Å². The fourth-order valence-electron chi connectivity index (χ4n) is 1.62. The molecule has 0 bridgehead atoms. The second kappa shape index (κ2) is 2.84. The number of benzene rings is 1. The fraction of sp³-hybridized carbons (Fsp3) is 0. The minimum absolute atomic E-state index is 0.314. The SMILES string of the molecule is O=C(O)c1cc2c(oc3ccccc32)s1. The number of carboxylic acids is 1. The van der Waals surface area contributed by atoms with Gasteiger partial charge in [-0.15, -0.1) is 0 Å². The molecule has 4 heteroatoms. The highest BCUT2D eigenvalue weighted by atomic mass is 32.1. The van der Waals surface area contributed by atoms with Crippen molar-refractivity contribution in [1.82, 2.24) is 0 Å². The van der Waals surface area contributed by atoms with Crippen molar-refractivity contribution in [3.8, 4) is 0 Å². The van der Waals surface area contributed by atoms with Crippen LogP contribution in [0.25, 0.3) is 21.3 Å². The van der Waals surface area contributed by atoms with Crippen molar-refractivity contribution in [2.45, 2.75) is 0 Å². The first kappa shape index (κ1) is 8.49. The van der Waals surface area contributed by atoms with Gasteiger partial charge in [0.05, 0.1) is 0 Å². The Hall–Kier alpha value is -1.81. The summed E-state index contributed by atoms with van der Waals surface area (Å²) < 4.78 is 5.54. The lowest BCUT2D eigenvalue weighted by atomic mass is 10.2. The van der Waals surface area contributed by atoms with Crippen molar-refractivity contribution in [3.05, 3.63) is 35.2 Å². The van der Waals surface area contributed by atoms with Crippen molar-refractivity contribution in [2.24, 2.45) is 0 Å². The summed E-state index contributed by atoms with van der Waals surface area (Å²) in [4.78, 5) is 11.8. The zero-order valence-corrected chi connectivity index (χ0v) is 8.38. The molecule has 1 N–H and O–H groups in total. The third kappa shape index (κ3) is 1.15. The summed E-state index contributed by atoms with van der Waals surface area (Å²) in [6.45, 7) is 0. The van der Waals surface area contributed by atoms with Crippen LogP contribution in [0.15, 0.2) is 34.7 Å². The van der Waals surface area contributed by atoms with Gasteiger partial charge in [-0.2, -0.15) is 0 Å². The van der Waals surface area contributed by atoms with Crippen LogP contribution in [0.1, 0.15) is 9.67 Å². The Morgan fingerprint density at radius 2 is 2.07 bits per heavy atom. The molecule has 0 aliphatic carbocycles. The van der Waals surface area contributed by atoms with Gasteiger partial charge in [0.15, 0.2) is 4.90 Å². The van der Waals surface area contributed by atoms with Crippen molar-refractivity contribution in [2.75, 3.05) is 0 Å². The van der Waals surface area contributed by atoms with Crippen LogP contribution in [-0.2, 0) is 0 Å². The monoisotopic (exact) mass is 218 g/mol. The Bertz CT molecular complexity index is 663. The predicted octanol–water partition coefficient (Wildman–Crippen LogP) is 3.35. The number of hydrogen-bond acceptors (Lipinski definition) is 3. The van der Waals surface area contributed by atoms with E-state index >= 15 is 0 Å². The molecule has 2 heterocycles. The molecule has 2 aromatic heterocycles. The molecule has 0 saturated carbocycles. The summed E-state index contributed by atoms with van der Waals surface area (Å²) >= 11 is 1.16. The van der Waals surface area contributed by atoms with Gasteiger partial charge in [0.25, 0.3) is 0 Å². The molecule has 0 unspecified atom stereocenters. The Labute approximate surface area is 88.6 Å². The molecule has 0 spiro atoms. The summed E-state index contributed by atoms with van der Waals surface area (Å²) in [5.41, 5.74) is 0.802. The van der Waals surface area contributed by atoms with Gasteiger partial charge in [0.2, 0.25) is 0 Å². The van der Waals surface area contributed by atoms with Crippen LogP contribution in [0.3, 0.4) is 0 Å². The summed E-state index contributed by atoms with van der Waals surface area (Å²) in [5, 5.41) is 10.7. The average Bonchev–Trinajstić information content (AvgIpc) is 2.73. The van der Waals surface area contributed by atoms with E-state index in [1.165, 1.54) is 0 Å². The highest BCUT2D eigenvalue weighted by molar-refractivity contribution is 7.20. The van der Waals surface area contributed by atoms with E-state index in [0.29, 0.717) is 9.77 Å². The summed E-state index contributed by atoms with van der Waals surface area (Å²) in [6.07, 6.45) is 0. The maximum atomic E-state index is 10.8. The molecular weight excluding hydrogens is 212 g/mol. The fourth-order valence-corrected chi connectivity index (χ4v) is 2.50. The molecule has 15 heavy (non-hydrogen) atoms. The lowest BCUT2D eigenvalue weighted by Gasteiger charge is -1.86. The van der Waals surface area contributed by atoms with Crippen molar-refractivity contribution < 1.29 is 14.3 Å². The second-order valence-electron chi connectivity index (χ2n) is 3.22. The van der Waals surface area contributed by atoms with Crippen LogP contribution < -0.4 is 0 Å². The number of carboxylic acid groups (broad SMARTS) is 1. The van der Waals surface area contributed by atoms with E-state index in [-0.39, 0.29) is 0 Å². The second-order valence-corrected chi connectivity index (χ2v) is 4.23. The molecule has 3 aromatic rings. The van der Waals surface area contributed by atoms with Crippen LogP contribution in [0.4, 0.5) is 0 Å². The maximum Gasteiger partial charge on any atom is 0.346 e. The smallest absolute Gasteiger partial charge is 0.346 e. The van der Waals surface area contributed by atoms with Crippen molar-refractivity contribution >= 4 is 38.6 Å². The molecule has 1 aromatic carbocycles. The Morgan fingerprint density at radius 3 is 2.87 bits per heavy atom. The molecule has 0 atom stereocenters. The molecule has 0 saturated heterocycles. The van der Waals surface area contributed by atoms with Gasteiger partial charge in [-0.05, 0) is 12.1 Å². The first-order chi connectivity index (χ1) is 7.25. The van der Waals surface area contributed by atoms with Crippen LogP contribution in [-0.4, -0.2) is 11.1 Å². The molecule has 0 aliphatic heterocycles. The number of carbonyl (C=O) groups is 1. The summed E-state index contributed by atoms with van der Waals surface area (Å²) in [6, 6.07) is 9.28. The van der Waals surface area contributed by atoms with Crippen LogP contribution in [0.2, 0.25) is 0 Å². The number of rotatable bonds is 1. The number of fused-ring (bicyclic) bond motifs is 3. The van der Waals surface area contributed by atoms with Gasteiger partial charge in [0.1, 0.15) is 10.5 Å². The molecule has 0 radical (unpaired) electrons. The van der Waals surface area contributed by atoms with Crippen LogP contribution >= 0.6 is 11.3 Å². The minimum atomic E-state index is -0.907. The largest absolute Gasteiger partial charge is 0.477 e. The lowest BCUT2D eigenvalue weighted by Crippen LogP contribution is -1.89. The molecule has 3 rings (SSSR count). The van der Waals surface area contributed by atoms with Gasteiger partial charge in [-0.1, -0.05) is 29.5 Å². The van der Waals surface area contributed by atoms with Gasteiger partial charge in [0, 0.05) is 10.8 Å². The molecule has 74 valence electrons. The topological polar surface area (TPSA) is 50.4 Å². The standard InChI is InChI=1S/C11H6O3S/c12-10(13)9-5-7-6-3-1-2-4-8(6)14-11(7)15-9/h1-5H,(H,12,13). The molecule has 0 aliphatic rings. The zero-order chi connectivity index (χ0) is 10.4. The van der Waals surface area contributed by atoms with Crippen molar-refractivity contribution in [3.63, 3.8) is 0 Å². The third-order valence-electron chi connectivity index (χ3n) is 2.29. The summed E-state index contributed by atoms with van der Waals surface area (Å²) in [7, 11) is 0. The molecule has 0 fully saturated rings. The summed E-state index contributed by atoms with van der Waals surface area (Å²) in [5.74, 6) is -0.907. The number of furan rings is 1. The zero-order valence-electron chi connectivity index (χ0n) is 7.56. The number of aromatic carboxylic acids is 1. The van der Waals surface area contributed by atoms with E-state index in [4.69, 9.17) is 9.52 Å². The van der Waals surface area contributed by atoms with Gasteiger partial charge in [-0.25, -0.2) is 4.79 Å². The van der Waals surface area contributed by atoms with E-state index in [0.717, 1.165) is 27.7 Å².